The zero-order valence-electron chi connectivity index (χ0n) is 12.6. The van der Waals surface area contributed by atoms with Gasteiger partial charge in [-0.1, -0.05) is 56.3 Å². The van der Waals surface area contributed by atoms with Crippen LogP contribution >= 0.6 is 0 Å². The highest BCUT2D eigenvalue weighted by Gasteiger charge is 2.24. The summed E-state index contributed by atoms with van der Waals surface area (Å²) in [6.07, 6.45) is 0.574. The summed E-state index contributed by atoms with van der Waals surface area (Å²) in [5, 5.41) is 3.38. The van der Waals surface area contributed by atoms with Crippen LogP contribution < -0.4 is 5.32 Å². The second-order valence-electron chi connectivity index (χ2n) is 6.07. The molecule has 1 aliphatic heterocycles. The van der Waals surface area contributed by atoms with Crippen molar-refractivity contribution in [2.45, 2.75) is 32.1 Å². The largest absolute Gasteiger partial charge is 0.384 e. The Labute approximate surface area is 126 Å². The van der Waals surface area contributed by atoms with Gasteiger partial charge in [0, 0.05) is 30.1 Å². The van der Waals surface area contributed by atoms with E-state index in [9.17, 15) is 4.79 Å². The average Bonchev–Trinajstić information content (AvgIpc) is 2.91. The van der Waals surface area contributed by atoms with E-state index in [0.717, 1.165) is 12.1 Å². The number of hydrogen-bond acceptors (Lipinski definition) is 2. The summed E-state index contributed by atoms with van der Waals surface area (Å²) in [6, 6.07) is 16.3. The molecule has 0 fully saturated rings. The second-order valence-corrected chi connectivity index (χ2v) is 6.07. The Morgan fingerprint density at radius 1 is 1.14 bits per heavy atom. The van der Waals surface area contributed by atoms with Crippen LogP contribution in [0.1, 0.15) is 53.6 Å². The lowest BCUT2D eigenvalue weighted by molar-refractivity contribution is 0.0975. The zero-order valence-corrected chi connectivity index (χ0v) is 12.6. The van der Waals surface area contributed by atoms with E-state index >= 15 is 0 Å². The Morgan fingerprint density at radius 3 is 2.57 bits per heavy atom. The number of Topliss-reactive ketones (excluding diaryl/α,β-unsaturated/α-hetero) is 1. The fourth-order valence-corrected chi connectivity index (χ4v) is 2.93. The summed E-state index contributed by atoms with van der Waals surface area (Å²) in [4.78, 5) is 12.5. The van der Waals surface area contributed by atoms with Crippen LogP contribution in [0.2, 0.25) is 0 Å². The van der Waals surface area contributed by atoms with Gasteiger partial charge < -0.3 is 5.32 Å². The molecule has 2 aromatic rings. The molecule has 1 N–H and O–H groups in total. The first kappa shape index (κ1) is 13.9. The Bertz CT molecular complexity index is 643. The van der Waals surface area contributed by atoms with Gasteiger partial charge in [0.05, 0.1) is 0 Å². The van der Waals surface area contributed by atoms with Crippen LogP contribution in [0.4, 0.5) is 5.69 Å². The van der Waals surface area contributed by atoms with E-state index in [-0.39, 0.29) is 5.78 Å². The number of nitrogens with one attached hydrogen (secondary N) is 1. The molecule has 1 atom stereocenters. The van der Waals surface area contributed by atoms with E-state index in [0.29, 0.717) is 18.3 Å². The third-order valence-electron chi connectivity index (χ3n) is 4.27. The first-order valence-corrected chi connectivity index (χ1v) is 7.61. The fraction of sp³-hybridized carbons (Fsp3) is 0.316. The zero-order chi connectivity index (χ0) is 14.8. The normalized spacial score (nSPS) is 16.6. The van der Waals surface area contributed by atoms with Crippen LogP contribution in [0.3, 0.4) is 0 Å². The van der Waals surface area contributed by atoms with Crippen molar-refractivity contribution in [2.75, 3.05) is 11.9 Å². The van der Waals surface area contributed by atoms with Gasteiger partial charge in [-0.05, 0) is 23.1 Å². The number of ketones is 1. The van der Waals surface area contributed by atoms with Crippen LogP contribution in [0.5, 0.6) is 0 Å². The van der Waals surface area contributed by atoms with E-state index in [2.05, 4.69) is 43.4 Å². The van der Waals surface area contributed by atoms with Crippen molar-refractivity contribution in [3.8, 4) is 0 Å². The summed E-state index contributed by atoms with van der Waals surface area (Å²) in [5.41, 5.74) is 4.54. The van der Waals surface area contributed by atoms with Gasteiger partial charge in [-0.2, -0.15) is 0 Å². The lowest BCUT2D eigenvalue weighted by Gasteiger charge is -2.10. The quantitative estimate of drug-likeness (QED) is 0.829. The van der Waals surface area contributed by atoms with Crippen LogP contribution in [-0.2, 0) is 0 Å². The molecule has 0 aliphatic carbocycles. The van der Waals surface area contributed by atoms with Gasteiger partial charge in [0.2, 0.25) is 0 Å². The number of rotatable bonds is 4. The Morgan fingerprint density at radius 2 is 1.86 bits per heavy atom. The summed E-state index contributed by atoms with van der Waals surface area (Å²) in [5.74, 6) is 1.02. The van der Waals surface area contributed by atoms with Crippen molar-refractivity contribution in [3.05, 3.63) is 65.2 Å². The van der Waals surface area contributed by atoms with E-state index in [4.69, 9.17) is 0 Å². The number of carbonyl (C=O) groups is 1. The van der Waals surface area contributed by atoms with Crippen molar-refractivity contribution in [1.82, 2.24) is 0 Å². The molecule has 2 heteroatoms. The molecule has 1 heterocycles. The van der Waals surface area contributed by atoms with Gasteiger partial charge in [-0.3, -0.25) is 4.79 Å². The van der Waals surface area contributed by atoms with Crippen molar-refractivity contribution < 1.29 is 4.79 Å². The topological polar surface area (TPSA) is 29.1 Å². The number of benzene rings is 2. The number of carbonyl (C=O) groups excluding carboxylic acids is 1. The van der Waals surface area contributed by atoms with E-state index < -0.39 is 0 Å². The minimum absolute atomic E-state index is 0.230. The summed E-state index contributed by atoms with van der Waals surface area (Å²) < 4.78 is 0. The Hall–Kier alpha value is -2.09. The van der Waals surface area contributed by atoms with Crippen LogP contribution in [-0.4, -0.2) is 12.3 Å². The molecule has 2 aromatic carbocycles. The van der Waals surface area contributed by atoms with E-state index in [1.165, 1.54) is 16.8 Å². The lowest BCUT2D eigenvalue weighted by atomic mass is 9.92. The first-order valence-electron chi connectivity index (χ1n) is 7.61. The molecule has 0 radical (unpaired) electrons. The average molecular weight is 279 g/mol. The van der Waals surface area contributed by atoms with E-state index in [1.54, 1.807) is 0 Å². The molecule has 108 valence electrons. The SMILES string of the molecule is CC(C)c1ccc(C(=O)CC2CNc3ccccc32)cc1. The molecule has 0 amide bonds. The Kier molecular flexibility index (Phi) is 3.78. The standard InChI is InChI=1S/C19H21NO/c1-13(2)14-7-9-15(10-8-14)19(21)11-16-12-20-18-6-4-3-5-17(16)18/h3-10,13,16,20H,11-12H2,1-2H3. The third-order valence-corrected chi connectivity index (χ3v) is 4.27. The second kappa shape index (κ2) is 5.72. The highest BCUT2D eigenvalue weighted by atomic mass is 16.1. The molecule has 1 unspecified atom stereocenters. The molecule has 1 aliphatic rings. The number of para-hydroxylation sites is 1. The smallest absolute Gasteiger partial charge is 0.163 e. The van der Waals surface area contributed by atoms with Crippen molar-refractivity contribution in [3.63, 3.8) is 0 Å². The summed E-state index contributed by atoms with van der Waals surface area (Å²) in [7, 11) is 0. The van der Waals surface area contributed by atoms with Crippen LogP contribution in [0.15, 0.2) is 48.5 Å². The summed E-state index contributed by atoms with van der Waals surface area (Å²) >= 11 is 0. The molecule has 0 bridgehead atoms. The van der Waals surface area contributed by atoms with Gasteiger partial charge >= 0.3 is 0 Å². The van der Waals surface area contributed by atoms with Crippen LogP contribution in [0.25, 0.3) is 0 Å². The molecule has 21 heavy (non-hydrogen) atoms. The van der Waals surface area contributed by atoms with Gasteiger partial charge in [-0.25, -0.2) is 0 Å². The van der Waals surface area contributed by atoms with Crippen molar-refractivity contribution in [1.29, 1.82) is 0 Å². The van der Waals surface area contributed by atoms with Gasteiger partial charge in [0.25, 0.3) is 0 Å². The molecular formula is C19H21NO. The van der Waals surface area contributed by atoms with Crippen molar-refractivity contribution in [2.24, 2.45) is 0 Å². The predicted octanol–water partition coefficient (Wildman–Crippen LogP) is 4.59. The van der Waals surface area contributed by atoms with Crippen LogP contribution in [0, 0.1) is 0 Å². The highest BCUT2D eigenvalue weighted by molar-refractivity contribution is 5.96. The van der Waals surface area contributed by atoms with Gasteiger partial charge in [-0.15, -0.1) is 0 Å². The molecular weight excluding hydrogens is 258 g/mol. The van der Waals surface area contributed by atoms with E-state index in [1.807, 2.05) is 24.3 Å². The minimum Gasteiger partial charge on any atom is -0.384 e. The lowest BCUT2D eigenvalue weighted by Crippen LogP contribution is -2.09. The Balaban J connectivity index is 1.72. The monoisotopic (exact) mass is 279 g/mol. The third kappa shape index (κ3) is 2.85. The molecule has 0 aromatic heterocycles. The molecule has 3 rings (SSSR count). The minimum atomic E-state index is 0.230. The number of fused-ring (bicyclic) bond motifs is 1. The van der Waals surface area contributed by atoms with Gasteiger partial charge in [0.15, 0.2) is 5.78 Å². The fourth-order valence-electron chi connectivity index (χ4n) is 2.93. The predicted molar refractivity (Wildman–Crippen MR) is 87.2 cm³/mol. The summed E-state index contributed by atoms with van der Waals surface area (Å²) in [6.45, 7) is 5.19. The highest BCUT2D eigenvalue weighted by Crippen LogP contribution is 2.34. The first-order chi connectivity index (χ1) is 10.1. The maximum atomic E-state index is 12.5. The maximum absolute atomic E-state index is 12.5. The molecule has 0 spiro atoms. The number of hydrogen-bond donors (Lipinski definition) is 1. The number of anilines is 1. The molecule has 0 saturated heterocycles. The van der Waals surface area contributed by atoms with Gasteiger partial charge in [0.1, 0.15) is 0 Å². The maximum Gasteiger partial charge on any atom is 0.163 e. The molecule has 2 nitrogen and oxygen atoms in total. The molecule has 0 saturated carbocycles. The van der Waals surface area contributed by atoms with Crippen molar-refractivity contribution >= 4 is 11.5 Å².